The molecule has 0 saturated carbocycles. The van der Waals surface area contributed by atoms with E-state index in [1.54, 1.807) is 19.3 Å². The van der Waals surface area contributed by atoms with Crippen molar-refractivity contribution >= 4 is 5.97 Å². The van der Waals surface area contributed by atoms with Gasteiger partial charge in [-0.05, 0) is 18.6 Å². The number of nitrogens with zero attached hydrogens (tertiary/aromatic N) is 1. The Kier molecular flexibility index (Phi) is 4.39. The van der Waals surface area contributed by atoms with Crippen LogP contribution in [0.2, 0.25) is 0 Å². The number of aliphatic carboxylic acids is 1. The summed E-state index contributed by atoms with van der Waals surface area (Å²) < 4.78 is 4.90. The summed E-state index contributed by atoms with van der Waals surface area (Å²) in [6.45, 7) is 2.15. The lowest BCUT2D eigenvalue weighted by molar-refractivity contribution is -0.146. The van der Waals surface area contributed by atoms with Gasteiger partial charge >= 0.3 is 5.97 Å². The lowest BCUT2D eigenvalue weighted by Crippen LogP contribution is -2.52. The highest BCUT2D eigenvalue weighted by atomic mass is 16.5. The molecule has 0 amide bonds. The van der Waals surface area contributed by atoms with E-state index < -0.39 is 11.5 Å². The highest BCUT2D eigenvalue weighted by Gasteiger charge is 2.32. The second-order valence-corrected chi connectivity index (χ2v) is 3.79. The SMILES string of the molecule is COCC(C)(NCc1cccnc1)C(=O)O. The number of hydrogen-bond acceptors (Lipinski definition) is 4. The summed E-state index contributed by atoms with van der Waals surface area (Å²) in [6.07, 6.45) is 3.37. The van der Waals surface area contributed by atoms with Crippen LogP contribution in [0.5, 0.6) is 0 Å². The molecule has 0 aliphatic carbocycles. The molecule has 0 aliphatic heterocycles. The van der Waals surface area contributed by atoms with Crippen molar-refractivity contribution in [3.05, 3.63) is 30.1 Å². The van der Waals surface area contributed by atoms with Gasteiger partial charge < -0.3 is 9.84 Å². The van der Waals surface area contributed by atoms with Gasteiger partial charge in [0, 0.05) is 26.0 Å². The molecule has 0 spiro atoms. The standard InChI is InChI=1S/C11H16N2O3/c1-11(8-16-2,10(14)15)13-7-9-4-3-5-12-6-9/h3-6,13H,7-8H2,1-2H3,(H,14,15). The number of ether oxygens (including phenoxy) is 1. The minimum absolute atomic E-state index is 0.114. The number of methoxy groups -OCH3 is 1. The fraction of sp³-hybridized carbons (Fsp3) is 0.455. The summed E-state index contributed by atoms with van der Waals surface area (Å²) in [5.74, 6) is -0.932. The largest absolute Gasteiger partial charge is 0.480 e. The van der Waals surface area contributed by atoms with E-state index in [0.29, 0.717) is 6.54 Å². The lowest BCUT2D eigenvalue weighted by atomic mass is 10.0. The quantitative estimate of drug-likeness (QED) is 0.742. The molecule has 0 aromatic carbocycles. The van der Waals surface area contributed by atoms with Crippen LogP contribution in [-0.4, -0.2) is 35.3 Å². The first-order chi connectivity index (χ1) is 7.58. The number of pyridine rings is 1. The highest BCUT2D eigenvalue weighted by molar-refractivity contribution is 5.78. The first-order valence-corrected chi connectivity index (χ1v) is 4.95. The molecule has 0 aliphatic rings. The van der Waals surface area contributed by atoms with Crippen LogP contribution >= 0.6 is 0 Å². The molecular weight excluding hydrogens is 208 g/mol. The van der Waals surface area contributed by atoms with Crippen LogP contribution in [0.4, 0.5) is 0 Å². The summed E-state index contributed by atoms with van der Waals surface area (Å²) >= 11 is 0. The van der Waals surface area contributed by atoms with Gasteiger partial charge in [0.1, 0.15) is 5.54 Å². The predicted octanol–water partition coefficient (Wildman–Crippen LogP) is 0.661. The number of aromatic nitrogens is 1. The van der Waals surface area contributed by atoms with Crippen molar-refractivity contribution in [1.29, 1.82) is 0 Å². The number of hydrogen-bond donors (Lipinski definition) is 2. The zero-order valence-electron chi connectivity index (χ0n) is 9.43. The van der Waals surface area contributed by atoms with Gasteiger partial charge in [0.15, 0.2) is 0 Å². The Labute approximate surface area is 94.5 Å². The van der Waals surface area contributed by atoms with Crippen molar-refractivity contribution in [1.82, 2.24) is 10.3 Å². The number of carboxylic acids is 1. The third-order valence-electron chi connectivity index (χ3n) is 2.31. The third-order valence-corrected chi connectivity index (χ3v) is 2.31. The predicted molar refractivity (Wildman–Crippen MR) is 59.0 cm³/mol. The third kappa shape index (κ3) is 3.29. The fourth-order valence-electron chi connectivity index (χ4n) is 1.28. The summed E-state index contributed by atoms with van der Waals surface area (Å²) in [7, 11) is 1.48. The molecule has 0 bridgehead atoms. The van der Waals surface area contributed by atoms with E-state index in [2.05, 4.69) is 10.3 Å². The number of nitrogens with one attached hydrogen (secondary N) is 1. The second kappa shape index (κ2) is 5.58. The van der Waals surface area contributed by atoms with E-state index in [9.17, 15) is 4.79 Å². The highest BCUT2D eigenvalue weighted by Crippen LogP contribution is 2.06. The first-order valence-electron chi connectivity index (χ1n) is 4.95. The maximum absolute atomic E-state index is 11.1. The van der Waals surface area contributed by atoms with Crippen LogP contribution in [0.15, 0.2) is 24.5 Å². The van der Waals surface area contributed by atoms with Crippen LogP contribution in [0.25, 0.3) is 0 Å². The molecule has 5 heteroatoms. The van der Waals surface area contributed by atoms with E-state index in [1.165, 1.54) is 7.11 Å². The molecule has 1 heterocycles. The van der Waals surface area contributed by atoms with Gasteiger partial charge in [0.25, 0.3) is 0 Å². The van der Waals surface area contributed by atoms with Gasteiger partial charge in [-0.3, -0.25) is 15.1 Å². The van der Waals surface area contributed by atoms with Crippen LogP contribution in [0, 0.1) is 0 Å². The summed E-state index contributed by atoms with van der Waals surface area (Å²) in [4.78, 5) is 15.0. The van der Waals surface area contributed by atoms with Crippen molar-refractivity contribution in [3.63, 3.8) is 0 Å². The van der Waals surface area contributed by atoms with Crippen molar-refractivity contribution in [2.24, 2.45) is 0 Å². The molecule has 2 N–H and O–H groups in total. The minimum Gasteiger partial charge on any atom is -0.480 e. The van der Waals surface area contributed by atoms with Crippen LogP contribution < -0.4 is 5.32 Å². The Morgan fingerprint density at radius 3 is 2.94 bits per heavy atom. The van der Waals surface area contributed by atoms with Gasteiger partial charge in [-0.2, -0.15) is 0 Å². The Morgan fingerprint density at radius 1 is 1.69 bits per heavy atom. The first kappa shape index (κ1) is 12.6. The molecule has 1 aromatic heterocycles. The van der Waals surface area contributed by atoms with Crippen LogP contribution in [0.3, 0.4) is 0 Å². The minimum atomic E-state index is -1.08. The monoisotopic (exact) mass is 224 g/mol. The zero-order chi connectivity index (χ0) is 12.0. The van der Waals surface area contributed by atoms with Crippen LogP contribution in [0.1, 0.15) is 12.5 Å². The van der Waals surface area contributed by atoms with E-state index in [4.69, 9.17) is 9.84 Å². The van der Waals surface area contributed by atoms with E-state index in [0.717, 1.165) is 5.56 Å². The molecule has 88 valence electrons. The van der Waals surface area contributed by atoms with E-state index in [-0.39, 0.29) is 6.61 Å². The van der Waals surface area contributed by atoms with Crippen LogP contribution in [-0.2, 0) is 16.1 Å². The molecule has 0 saturated heterocycles. The van der Waals surface area contributed by atoms with Crippen molar-refractivity contribution in [2.75, 3.05) is 13.7 Å². The number of carbonyl (C=O) groups is 1. The van der Waals surface area contributed by atoms with Gasteiger partial charge in [-0.15, -0.1) is 0 Å². The molecule has 0 radical (unpaired) electrons. The number of carboxylic acid groups (broad SMARTS) is 1. The Morgan fingerprint density at radius 2 is 2.44 bits per heavy atom. The van der Waals surface area contributed by atoms with Gasteiger partial charge in [0.2, 0.25) is 0 Å². The summed E-state index contributed by atoms with van der Waals surface area (Å²) in [6, 6.07) is 3.69. The van der Waals surface area contributed by atoms with Crippen molar-refractivity contribution in [3.8, 4) is 0 Å². The topological polar surface area (TPSA) is 71.5 Å². The molecular formula is C11H16N2O3. The Balaban J connectivity index is 2.60. The molecule has 0 fully saturated rings. The summed E-state index contributed by atoms with van der Waals surface area (Å²) in [5.41, 5.74) is -0.143. The van der Waals surface area contributed by atoms with Gasteiger partial charge in [0.05, 0.1) is 6.61 Å². The lowest BCUT2D eigenvalue weighted by Gasteiger charge is -2.25. The Bertz CT molecular complexity index is 342. The fourth-order valence-corrected chi connectivity index (χ4v) is 1.28. The smallest absolute Gasteiger partial charge is 0.326 e. The van der Waals surface area contributed by atoms with E-state index in [1.807, 2.05) is 12.1 Å². The average molecular weight is 224 g/mol. The molecule has 1 unspecified atom stereocenters. The van der Waals surface area contributed by atoms with Crippen molar-refractivity contribution in [2.45, 2.75) is 19.0 Å². The second-order valence-electron chi connectivity index (χ2n) is 3.79. The maximum Gasteiger partial charge on any atom is 0.326 e. The maximum atomic E-state index is 11.1. The molecule has 1 rings (SSSR count). The molecule has 16 heavy (non-hydrogen) atoms. The number of rotatable bonds is 6. The van der Waals surface area contributed by atoms with E-state index >= 15 is 0 Å². The molecule has 1 atom stereocenters. The zero-order valence-corrected chi connectivity index (χ0v) is 9.43. The normalized spacial score (nSPS) is 14.4. The van der Waals surface area contributed by atoms with Gasteiger partial charge in [-0.25, -0.2) is 0 Å². The summed E-state index contributed by atoms with van der Waals surface area (Å²) in [5, 5.41) is 12.0. The average Bonchev–Trinajstić information content (AvgIpc) is 2.28. The molecule has 5 nitrogen and oxygen atoms in total. The van der Waals surface area contributed by atoms with Gasteiger partial charge in [-0.1, -0.05) is 6.07 Å². The van der Waals surface area contributed by atoms with Crippen molar-refractivity contribution < 1.29 is 14.6 Å². The molecule has 1 aromatic rings. The Hall–Kier alpha value is -1.46.